The first-order chi connectivity index (χ1) is 12.3. The average Bonchev–Trinajstić information content (AvgIpc) is 3.09. The molecule has 1 saturated carbocycles. The largest absolute Gasteiger partial charge is 0.353 e. The van der Waals surface area contributed by atoms with Crippen molar-refractivity contribution in [3.8, 4) is 0 Å². The van der Waals surface area contributed by atoms with Gasteiger partial charge in [-0.15, -0.1) is 5.10 Å². The van der Waals surface area contributed by atoms with Crippen molar-refractivity contribution in [2.45, 2.75) is 45.1 Å². The molecule has 1 heterocycles. The molecule has 1 aliphatic rings. The molecule has 2 aromatic rings. The van der Waals surface area contributed by atoms with Gasteiger partial charge in [0.2, 0.25) is 5.91 Å². The molecular weight excluding hydrogens is 312 g/mol. The normalized spacial score (nSPS) is 15.5. The number of nitrogens with one attached hydrogen (secondary N) is 1. The summed E-state index contributed by atoms with van der Waals surface area (Å²) in [5.41, 5.74) is 1.86. The number of nitrogens with zero attached hydrogens (tertiary/aromatic N) is 3. The third-order valence-corrected chi connectivity index (χ3v) is 4.73. The highest BCUT2D eigenvalue weighted by Crippen LogP contribution is 2.25. The third-order valence-electron chi connectivity index (χ3n) is 4.73. The zero-order valence-corrected chi connectivity index (χ0v) is 14.6. The van der Waals surface area contributed by atoms with Gasteiger partial charge in [0.1, 0.15) is 5.69 Å². The van der Waals surface area contributed by atoms with Gasteiger partial charge >= 0.3 is 0 Å². The fourth-order valence-electron chi connectivity index (χ4n) is 3.33. The van der Waals surface area contributed by atoms with E-state index in [1.54, 1.807) is 10.8 Å². The lowest BCUT2D eigenvalue weighted by Crippen LogP contribution is -2.24. The summed E-state index contributed by atoms with van der Waals surface area (Å²) in [6.45, 7) is 1.43. The maximum Gasteiger partial charge on any atom is 0.244 e. The monoisotopic (exact) mass is 338 g/mol. The molecule has 0 atom stereocenters. The van der Waals surface area contributed by atoms with Gasteiger partial charge in [-0.05, 0) is 24.0 Å². The number of carbonyl (C=O) groups is 1. The molecular formula is C20H26N4O. The van der Waals surface area contributed by atoms with E-state index in [1.807, 2.05) is 24.4 Å². The Balaban J connectivity index is 1.41. The van der Waals surface area contributed by atoms with Crippen molar-refractivity contribution in [1.82, 2.24) is 20.3 Å². The van der Waals surface area contributed by atoms with Crippen LogP contribution in [0.4, 0.5) is 0 Å². The minimum absolute atomic E-state index is 0.0616. The van der Waals surface area contributed by atoms with E-state index in [1.165, 1.54) is 43.7 Å². The minimum Gasteiger partial charge on any atom is -0.353 e. The first-order valence-corrected chi connectivity index (χ1v) is 9.19. The van der Waals surface area contributed by atoms with Crippen molar-refractivity contribution in [2.24, 2.45) is 5.92 Å². The van der Waals surface area contributed by atoms with Crippen molar-refractivity contribution in [3.05, 3.63) is 53.9 Å². The fourth-order valence-corrected chi connectivity index (χ4v) is 3.33. The molecule has 0 radical (unpaired) electrons. The Labute approximate surface area is 149 Å². The lowest BCUT2D eigenvalue weighted by molar-refractivity contribution is -0.116. The molecule has 1 aliphatic carbocycles. The van der Waals surface area contributed by atoms with E-state index in [2.05, 4.69) is 27.8 Å². The van der Waals surface area contributed by atoms with Crippen LogP contribution in [0.25, 0.3) is 6.08 Å². The summed E-state index contributed by atoms with van der Waals surface area (Å²) in [5.74, 6) is 0.726. The van der Waals surface area contributed by atoms with E-state index < -0.39 is 0 Å². The van der Waals surface area contributed by atoms with Gasteiger partial charge in [0.05, 0.1) is 12.7 Å². The zero-order valence-electron chi connectivity index (χ0n) is 14.6. The highest BCUT2D eigenvalue weighted by atomic mass is 16.1. The van der Waals surface area contributed by atoms with Crippen molar-refractivity contribution >= 4 is 12.0 Å². The van der Waals surface area contributed by atoms with Crippen LogP contribution < -0.4 is 5.32 Å². The van der Waals surface area contributed by atoms with Crippen LogP contribution in [-0.2, 0) is 11.3 Å². The van der Waals surface area contributed by atoms with Crippen LogP contribution in [-0.4, -0.2) is 27.4 Å². The number of hydrogen-bond acceptors (Lipinski definition) is 3. The summed E-state index contributed by atoms with van der Waals surface area (Å²) in [7, 11) is 0. The SMILES string of the molecule is O=C(/C=C/c1cn(Cc2ccccc2)nn1)NCCC1CCCCC1. The third kappa shape index (κ3) is 5.85. The number of rotatable bonds is 7. The standard InChI is InChI=1S/C20H26N4O/c25-20(21-14-13-17-7-3-1-4-8-17)12-11-19-16-24(23-22-19)15-18-9-5-2-6-10-18/h2,5-6,9-12,16-17H,1,3-4,7-8,13-15H2,(H,21,25)/b12-11+. The van der Waals surface area contributed by atoms with Crippen molar-refractivity contribution in [2.75, 3.05) is 6.54 Å². The van der Waals surface area contributed by atoms with Gasteiger partial charge in [0.25, 0.3) is 0 Å². The number of hydrogen-bond donors (Lipinski definition) is 1. The van der Waals surface area contributed by atoms with Crippen LogP contribution in [0, 0.1) is 5.92 Å². The molecule has 0 aliphatic heterocycles. The number of amides is 1. The molecule has 1 aromatic heterocycles. The number of aromatic nitrogens is 3. The maximum atomic E-state index is 11.9. The molecule has 25 heavy (non-hydrogen) atoms. The van der Waals surface area contributed by atoms with Crippen LogP contribution >= 0.6 is 0 Å². The van der Waals surface area contributed by atoms with Crippen molar-refractivity contribution in [3.63, 3.8) is 0 Å². The van der Waals surface area contributed by atoms with E-state index >= 15 is 0 Å². The molecule has 1 N–H and O–H groups in total. The lowest BCUT2D eigenvalue weighted by Gasteiger charge is -2.21. The Morgan fingerprint density at radius 3 is 2.80 bits per heavy atom. The zero-order chi connectivity index (χ0) is 17.3. The van der Waals surface area contributed by atoms with Crippen LogP contribution in [0.1, 0.15) is 49.8 Å². The van der Waals surface area contributed by atoms with Gasteiger partial charge in [-0.25, -0.2) is 4.68 Å². The van der Waals surface area contributed by atoms with Gasteiger partial charge in [-0.1, -0.05) is 67.6 Å². The highest BCUT2D eigenvalue weighted by molar-refractivity contribution is 5.91. The second-order valence-corrected chi connectivity index (χ2v) is 6.74. The topological polar surface area (TPSA) is 59.8 Å². The quantitative estimate of drug-likeness (QED) is 0.787. The Bertz CT molecular complexity index is 687. The average molecular weight is 338 g/mol. The van der Waals surface area contributed by atoms with Crippen LogP contribution in [0.2, 0.25) is 0 Å². The second kappa shape index (κ2) is 9.16. The summed E-state index contributed by atoms with van der Waals surface area (Å²) in [4.78, 5) is 11.9. The first kappa shape index (κ1) is 17.4. The van der Waals surface area contributed by atoms with Crippen LogP contribution in [0.3, 0.4) is 0 Å². The Morgan fingerprint density at radius 1 is 1.20 bits per heavy atom. The molecule has 5 nitrogen and oxygen atoms in total. The number of carbonyl (C=O) groups excluding carboxylic acids is 1. The molecule has 1 aromatic carbocycles. The van der Waals surface area contributed by atoms with Crippen molar-refractivity contribution < 1.29 is 4.79 Å². The van der Waals surface area contributed by atoms with E-state index in [0.717, 1.165) is 18.9 Å². The lowest BCUT2D eigenvalue weighted by atomic mass is 9.87. The summed E-state index contributed by atoms with van der Waals surface area (Å²) in [5, 5.41) is 11.1. The van der Waals surface area contributed by atoms with Gasteiger partial charge < -0.3 is 5.32 Å². The predicted molar refractivity (Wildman–Crippen MR) is 98.8 cm³/mol. The molecule has 1 fully saturated rings. The van der Waals surface area contributed by atoms with E-state index in [4.69, 9.17) is 0 Å². The molecule has 0 spiro atoms. The van der Waals surface area contributed by atoms with E-state index in [-0.39, 0.29) is 5.91 Å². The van der Waals surface area contributed by atoms with Crippen LogP contribution in [0.15, 0.2) is 42.6 Å². The van der Waals surface area contributed by atoms with Crippen LogP contribution in [0.5, 0.6) is 0 Å². The second-order valence-electron chi connectivity index (χ2n) is 6.74. The maximum absolute atomic E-state index is 11.9. The summed E-state index contributed by atoms with van der Waals surface area (Å²) >= 11 is 0. The Morgan fingerprint density at radius 2 is 2.00 bits per heavy atom. The summed E-state index contributed by atoms with van der Waals surface area (Å²) < 4.78 is 1.77. The summed E-state index contributed by atoms with van der Waals surface area (Å²) in [6, 6.07) is 10.1. The molecule has 1 amide bonds. The molecule has 132 valence electrons. The molecule has 0 bridgehead atoms. The smallest absolute Gasteiger partial charge is 0.244 e. The highest BCUT2D eigenvalue weighted by Gasteiger charge is 2.12. The van der Waals surface area contributed by atoms with E-state index in [0.29, 0.717) is 12.2 Å². The Kier molecular flexibility index (Phi) is 6.37. The predicted octanol–water partition coefficient (Wildman–Crippen LogP) is 3.43. The Hall–Kier alpha value is -2.43. The molecule has 0 saturated heterocycles. The van der Waals surface area contributed by atoms with Gasteiger partial charge in [-0.2, -0.15) is 0 Å². The fraction of sp³-hybridized carbons (Fsp3) is 0.450. The van der Waals surface area contributed by atoms with Gasteiger partial charge in [0, 0.05) is 12.6 Å². The number of benzene rings is 1. The molecule has 3 rings (SSSR count). The first-order valence-electron chi connectivity index (χ1n) is 9.19. The summed E-state index contributed by atoms with van der Waals surface area (Å²) in [6.07, 6.45) is 12.9. The minimum atomic E-state index is -0.0616. The van der Waals surface area contributed by atoms with Gasteiger partial charge in [0.15, 0.2) is 0 Å². The molecule has 0 unspecified atom stereocenters. The van der Waals surface area contributed by atoms with Gasteiger partial charge in [-0.3, -0.25) is 4.79 Å². The van der Waals surface area contributed by atoms with Crippen molar-refractivity contribution in [1.29, 1.82) is 0 Å². The molecule has 5 heteroatoms. The van der Waals surface area contributed by atoms with E-state index in [9.17, 15) is 4.79 Å².